The van der Waals surface area contributed by atoms with Crippen molar-refractivity contribution in [3.8, 4) is 5.75 Å². The Balaban J connectivity index is 2.21. The zero-order chi connectivity index (χ0) is 14.7. The summed E-state index contributed by atoms with van der Waals surface area (Å²) in [5.74, 6) is -0.105. The van der Waals surface area contributed by atoms with Crippen LogP contribution in [0.3, 0.4) is 0 Å². The summed E-state index contributed by atoms with van der Waals surface area (Å²) in [5.41, 5.74) is 1.94. The Morgan fingerprint density at radius 2 is 2.00 bits per heavy atom. The van der Waals surface area contributed by atoms with Gasteiger partial charge in [0.15, 0.2) is 11.6 Å². The summed E-state index contributed by atoms with van der Waals surface area (Å²) in [6.45, 7) is 2.01. The van der Waals surface area contributed by atoms with Gasteiger partial charge in [-0.3, -0.25) is 0 Å². The Labute approximate surface area is 136 Å². The van der Waals surface area contributed by atoms with Crippen LogP contribution in [-0.4, -0.2) is 7.11 Å². The molecular weight excluding hydrogens is 392 g/mol. The third kappa shape index (κ3) is 3.55. The predicted octanol–water partition coefficient (Wildman–Crippen LogP) is 5.27. The second-order valence-corrected chi connectivity index (χ2v) is 5.98. The molecule has 2 rings (SSSR count). The quantitative estimate of drug-likeness (QED) is 0.700. The normalized spacial score (nSPS) is 12.1. The molecule has 0 spiro atoms. The van der Waals surface area contributed by atoms with Crippen molar-refractivity contribution < 1.29 is 9.13 Å². The van der Waals surface area contributed by atoms with E-state index in [-0.39, 0.29) is 17.6 Å². The summed E-state index contributed by atoms with van der Waals surface area (Å²) in [6, 6.07) is 10.6. The van der Waals surface area contributed by atoms with Gasteiger partial charge in [0.2, 0.25) is 0 Å². The average Bonchev–Trinajstić information content (AvgIpc) is 2.42. The monoisotopic (exact) mass is 405 g/mol. The van der Waals surface area contributed by atoms with E-state index in [9.17, 15) is 4.39 Å². The topological polar surface area (TPSA) is 21.3 Å². The summed E-state index contributed by atoms with van der Waals surface area (Å²) in [4.78, 5) is 0. The van der Waals surface area contributed by atoms with Crippen LogP contribution in [0.5, 0.6) is 5.75 Å². The smallest absolute Gasteiger partial charge is 0.165 e. The summed E-state index contributed by atoms with van der Waals surface area (Å²) in [5, 5.41) is 4.08. The van der Waals surface area contributed by atoms with Crippen LogP contribution in [0.2, 0.25) is 5.02 Å². The van der Waals surface area contributed by atoms with Crippen molar-refractivity contribution in [3.63, 3.8) is 0 Å². The second-order valence-electron chi connectivity index (χ2n) is 4.38. The van der Waals surface area contributed by atoms with Crippen molar-refractivity contribution in [1.29, 1.82) is 0 Å². The van der Waals surface area contributed by atoms with Gasteiger partial charge in [0.1, 0.15) is 0 Å². The lowest BCUT2D eigenvalue weighted by molar-refractivity contribution is 0.385. The molecule has 2 nitrogen and oxygen atoms in total. The highest BCUT2D eigenvalue weighted by Gasteiger charge is 2.11. The Hall–Kier alpha value is -1.01. The van der Waals surface area contributed by atoms with Gasteiger partial charge in [-0.05, 0) is 65.4 Å². The fourth-order valence-electron chi connectivity index (χ4n) is 1.87. The molecule has 1 unspecified atom stereocenters. The van der Waals surface area contributed by atoms with E-state index in [1.165, 1.54) is 13.2 Å². The molecular formula is C15H14ClFINO. The van der Waals surface area contributed by atoms with Crippen LogP contribution in [0, 0.1) is 9.39 Å². The Bertz CT molecular complexity index is 621. The van der Waals surface area contributed by atoms with E-state index in [2.05, 4.69) is 27.9 Å². The molecule has 106 valence electrons. The Morgan fingerprint density at radius 3 is 2.65 bits per heavy atom. The van der Waals surface area contributed by atoms with Crippen molar-refractivity contribution in [2.75, 3.05) is 12.4 Å². The largest absolute Gasteiger partial charge is 0.494 e. The van der Waals surface area contributed by atoms with E-state index >= 15 is 0 Å². The Kier molecular flexibility index (Phi) is 5.10. The zero-order valence-corrected chi connectivity index (χ0v) is 14.0. The fourth-order valence-corrected chi connectivity index (χ4v) is 2.90. The van der Waals surface area contributed by atoms with Gasteiger partial charge in [0.25, 0.3) is 0 Å². The van der Waals surface area contributed by atoms with E-state index < -0.39 is 0 Å². The number of rotatable bonds is 4. The van der Waals surface area contributed by atoms with Crippen LogP contribution in [0.15, 0.2) is 36.4 Å². The highest BCUT2D eigenvalue weighted by atomic mass is 127. The maximum absolute atomic E-state index is 13.4. The van der Waals surface area contributed by atoms with Gasteiger partial charge < -0.3 is 10.1 Å². The van der Waals surface area contributed by atoms with Crippen LogP contribution in [0.1, 0.15) is 18.5 Å². The molecule has 0 aliphatic heterocycles. The molecule has 0 bridgehead atoms. The van der Waals surface area contributed by atoms with Crippen LogP contribution in [0.4, 0.5) is 10.1 Å². The minimum atomic E-state index is -0.357. The average molecular weight is 406 g/mol. The fraction of sp³-hybridized carbons (Fsp3) is 0.200. The molecule has 1 N–H and O–H groups in total. The minimum absolute atomic E-state index is 0.0270. The molecule has 0 radical (unpaired) electrons. The third-order valence-electron chi connectivity index (χ3n) is 2.98. The lowest BCUT2D eigenvalue weighted by atomic mass is 10.1. The third-order valence-corrected chi connectivity index (χ3v) is 4.11. The van der Waals surface area contributed by atoms with Crippen molar-refractivity contribution >= 4 is 39.9 Å². The molecule has 2 aromatic carbocycles. The van der Waals surface area contributed by atoms with E-state index in [0.717, 1.165) is 14.8 Å². The van der Waals surface area contributed by atoms with Crippen molar-refractivity contribution in [3.05, 3.63) is 56.4 Å². The van der Waals surface area contributed by atoms with Gasteiger partial charge in [0.05, 0.1) is 7.11 Å². The maximum Gasteiger partial charge on any atom is 0.165 e. The van der Waals surface area contributed by atoms with Crippen LogP contribution < -0.4 is 10.1 Å². The number of anilines is 1. The number of hydrogen-bond donors (Lipinski definition) is 1. The van der Waals surface area contributed by atoms with Crippen molar-refractivity contribution in [2.45, 2.75) is 13.0 Å². The molecule has 1 atom stereocenters. The first-order valence-corrected chi connectivity index (χ1v) is 7.52. The minimum Gasteiger partial charge on any atom is -0.494 e. The lowest BCUT2D eigenvalue weighted by Gasteiger charge is -2.18. The maximum atomic E-state index is 13.4. The number of halogens is 3. The first kappa shape index (κ1) is 15.4. The van der Waals surface area contributed by atoms with E-state index in [4.69, 9.17) is 16.3 Å². The molecule has 0 saturated carbocycles. The molecule has 0 aromatic heterocycles. The van der Waals surface area contributed by atoms with E-state index in [1.807, 2.05) is 25.1 Å². The number of nitrogens with one attached hydrogen (secondary N) is 1. The molecule has 20 heavy (non-hydrogen) atoms. The van der Waals surface area contributed by atoms with E-state index in [0.29, 0.717) is 5.02 Å². The summed E-state index contributed by atoms with van der Waals surface area (Å²) in [7, 11) is 1.46. The van der Waals surface area contributed by atoms with Gasteiger partial charge in [-0.2, -0.15) is 0 Å². The van der Waals surface area contributed by atoms with Crippen LogP contribution in [0.25, 0.3) is 0 Å². The zero-order valence-electron chi connectivity index (χ0n) is 11.1. The van der Waals surface area contributed by atoms with E-state index in [1.54, 1.807) is 12.1 Å². The molecule has 5 heteroatoms. The molecule has 0 fully saturated rings. The molecule has 0 aliphatic rings. The molecule has 0 saturated heterocycles. The second kappa shape index (κ2) is 6.63. The summed E-state index contributed by atoms with van der Waals surface area (Å²) >= 11 is 8.16. The number of methoxy groups -OCH3 is 1. The summed E-state index contributed by atoms with van der Waals surface area (Å²) in [6.07, 6.45) is 0. The molecule has 0 aliphatic carbocycles. The highest BCUT2D eigenvalue weighted by Crippen LogP contribution is 2.28. The lowest BCUT2D eigenvalue weighted by Crippen LogP contribution is -2.08. The van der Waals surface area contributed by atoms with Gasteiger partial charge >= 0.3 is 0 Å². The number of ether oxygens (including phenoxy) is 1. The van der Waals surface area contributed by atoms with Gasteiger partial charge in [-0.1, -0.05) is 17.7 Å². The van der Waals surface area contributed by atoms with Gasteiger partial charge in [-0.25, -0.2) is 4.39 Å². The Morgan fingerprint density at radius 1 is 1.25 bits per heavy atom. The number of hydrogen-bond acceptors (Lipinski definition) is 2. The summed E-state index contributed by atoms with van der Waals surface area (Å²) < 4.78 is 19.4. The standard InChI is InChI=1S/C15H14ClFINO/c1-9(10-3-5-12(17)15(7-10)20-2)19-14-6-4-11(16)8-13(14)18/h3-9,19H,1-2H3. The first-order chi connectivity index (χ1) is 9.51. The SMILES string of the molecule is COc1cc(C(C)Nc2ccc(Cl)cc2I)ccc1F. The van der Waals surface area contributed by atoms with Crippen molar-refractivity contribution in [2.24, 2.45) is 0 Å². The molecule has 0 amide bonds. The molecule has 0 heterocycles. The number of benzene rings is 2. The van der Waals surface area contributed by atoms with Crippen molar-refractivity contribution in [1.82, 2.24) is 0 Å². The van der Waals surface area contributed by atoms with Gasteiger partial charge in [0, 0.05) is 20.3 Å². The first-order valence-electron chi connectivity index (χ1n) is 6.06. The van der Waals surface area contributed by atoms with Crippen LogP contribution >= 0.6 is 34.2 Å². The highest BCUT2D eigenvalue weighted by molar-refractivity contribution is 14.1. The molecule has 2 aromatic rings. The predicted molar refractivity (Wildman–Crippen MR) is 89.2 cm³/mol. The van der Waals surface area contributed by atoms with Crippen LogP contribution in [-0.2, 0) is 0 Å². The van der Waals surface area contributed by atoms with Gasteiger partial charge in [-0.15, -0.1) is 0 Å².